The number of carbonyl (C=O) groups is 2. The van der Waals surface area contributed by atoms with Crippen molar-refractivity contribution in [3.8, 4) is 68.6 Å². The average Bonchev–Trinajstić information content (AvgIpc) is 3.80. The number of aryl methyl sites for hydroxylation is 2. The molecule has 0 unspecified atom stereocenters. The first-order chi connectivity index (χ1) is 23.4. The van der Waals surface area contributed by atoms with Crippen LogP contribution in [0.1, 0.15) is 31.8 Å². The summed E-state index contributed by atoms with van der Waals surface area (Å²) in [5.41, 5.74) is 2.77. The summed E-state index contributed by atoms with van der Waals surface area (Å²) in [5, 5.41) is 0. The second-order valence-electron chi connectivity index (χ2n) is 10.7. The van der Waals surface area contributed by atoms with Crippen LogP contribution in [0.4, 0.5) is 0 Å². The number of ether oxygens (including phenoxy) is 10. The van der Waals surface area contributed by atoms with Gasteiger partial charge in [0.05, 0.1) is 48.2 Å². The van der Waals surface area contributed by atoms with Crippen LogP contribution < -0.4 is 47.4 Å². The topological polar surface area (TPSA) is 126 Å². The maximum Gasteiger partial charge on any atom is 0.237 e. The lowest BCUT2D eigenvalue weighted by atomic mass is 9.92. The Balaban J connectivity index is 1.48. The number of hydrogen-bond donors (Lipinski definition) is 0. The Kier molecular flexibility index (Phi) is 9.06. The summed E-state index contributed by atoms with van der Waals surface area (Å²) in [6.45, 7) is 0.213. The van der Waals surface area contributed by atoms with Crippen molar-refractivity contribution in [2.75, 3.05) is 56.2 Å². The van der Waals surface area contributed by atoms with Gasteiger partial charge in [-0.2, -0.15) is 0 Å². The maximum absolute atomic E-state index is 14.0. The van der Waals surface area contributed by atoms with E-state index in [1.54, 1.807) is 13.2 Å². The fourth-order valence-electron chi connectivity index (χ4n) is 5.92. The van der Waals surface area contributed by atoms with E-state index in [0.29, 0.717) is 64.2 Å². The third-order valence-electron chi connectivity index (χ3n) is 8.18. The Morgan fingerprint density at radius 1 is 0.521 bits per heavy atom. The molecule has 0 N–H and O–H groups in total. The number of Topliss-reactive ketones (excluding diaryl/α,β-unsaturated/α-hetero) is 2. The molecule has 0 saturated carbocycles. The summed E-state index contributed by atoms with van der Waals surface area (Å²) in [4.78, 5) is 27.6. The zero-order valence-corrected chi connectivity index (χ0v) is 27.3. The third kappa shape index (κ3) is 5.59. The minimum atomic E-state index is -0.838. The molecule has 2 heterocycles. The van der Waals surface area contributed by atoms with E-state index in [1.165, 1.54) is 53.7 Å². The second kappa shape index (κ2) is 13.5. The van der Waals surface area contributed by atoms with Crippen LogP contribution in [0, 0.1) is 0 Å². The van der Waals surface area contributed by atoms with E-state index in [0.717, 1.165) is 11.1 Å². The zero-order chi connectivity index (χ0) is 33.9. The molecule has 0 fully saturated rings. The fraction of sp³-hybridized carbons (Fsp3) is 0.278. The first-order valence-electron chi connectivity index (χ1n) is 14.9. The van der Waals surface area contributed by atoms with Gasteiger partial charge in [-0.3, -0.25) is 9.59 Å². The van der Waals surface area contributed by atoms with Crippen LogP contribution in [0.2, 0.25) is 0 Å². The molecule has 0 spiro atoms. The minimum Gasteiger partial charge on any atom is -0.492 e. The minimum absolute atomic E-state index is 0.0274. The summed E-state index contributed by atoms with van der Waals surface area (Å²) >= 11 is 0. The summed E-state index contributed by atoms with van der Waals surface area (Å²) in [5.74, 6) is 2.13. The molecule has 0 saturated heterocycles. The number of hydrogen-bond acceptors (Lipinski definition) is 12. The van der Waals surface area contributed by atoms with Crippen molar-refractivity contribution in [2.45, 2.75) is 12.8 Å². The first kappa shape index (κ1) is 32.2. The molecule has 4 aromatic carbocycles. The van der Waals surface area contributed by atoms with Gasteiger partial charge in [-0.25, -0.2) is 0 Å². The molecule has 12 nitrogen and oxygen atoms in total. The van der Waals surface area contributed by atoms with Gasteiger partial charge in [0.25, 0.3) is 0 Å². The number of rotatable bonds is 13. The molecule has 12 heteroatoms. The van der Waals surface area contributed by atoms with Crippen LogP contribution >= 0.6 is 0 Å². The van der Waals surface area contributed by atoms with Gasteiger partial charge in [-0.15, -0.1) is 0 Å². The summed E-state index contributed by atoms with van der Waals surface area (Å²) in [6.07, 6.45) is 1.15. The van der Waals surface area contributed by atoms with Crippen LogP contribution in [-0.2, 0) is 12.8 Å². The average molecular weight is 659 g/mol. The molecule has 0 radical (unpaired) electrons. The second-order valence-corrected chi connectivity index (χ2v) is 10.7. The maximum atomic E-state index is 14.0. The lowest BCUT2D eigenvalue weighted by Gasteiger charge is -2.23. The highest BCUT2D eigenvalue weighted by atomic mass is 16.7. The van der Waals surface area contributed by atoms with E-state index in [2.05, 4.69) is 0 Å². The Bertz CT molecular complexity index is 1900. The fourth-order valence-corrected chi connectivity index (χ4v) is 5.92. The van der Waals surface area contributed by atoms with Crippen LogP contribution in [0.3, 0.4) is 0 Å². The number of ketones is 2. The van der Waals surface area contributed by atoms with Crippen LogP contribution in [-0.4, -0.2) is 67.8 Å². The highest BCUT2D eigenvalue weighted by molar-refractivity contribution is 6.50. The first-order valence-corrected chi connectivity index (χ1v) is 14.9. The molecule has 48 heavy (non-hydrogen) atoms. The normalized spacial score (nSPS) is 12.4. The molecule has 0 aromatic heterocycles. The van der Waals surface area contributed by atoms with Crippen molar-refractivity contribution < 1.29 is 57.0 Å². The molecule has 4 aromatic rings. The number of benzene rings is 4. The van der Waals surface area contributed by atoms with Crippen LogP contribution in [0.15, 0.2) is 48.5 Å². The van der Waals surface area contributed by atoms with Crippen molar-refractivity contribution in [1.29, 1.82) is 0 Å². The van der Waals surface area contributed by atoms with E-state index in [-0.39, 0.29) is 42.0 Å². The molecule has 0 atom stereocenters. The Labute approximate surface area is 276 Å². The quantitative estimate of drug-likeness (QED) is 0.129. The van der Waals surface area contributed by atoms with E-state index >= 15 is 0 Å². The van der Waals surface area contributed by atoms with Gasteiger partial charge in [0.2, 0.25) is 36.7 Å². The lowest BCUT2D eigenvalue weighted by molar-refractivity contribution is 0.0814. The molecule has 0 aliphatic carbocycles. The molecule has 2 aliphatic heterocycles. The lowest BCUT2D eigenvalue weighted by Crippen LogP contribution is -2.16. The van der Waals surface area contributed by atoms with Gasteiger partial charge < -0.3 is 47.4 Å². The van der Waals surface area contributed by atoms with Crippen molar-refractivity contribution in [3.63, 3.8) is 0 Å². The monoisotopic (exact) mass is 658 g/mol. The van der Waals surface area contributed by atoms with E-state index in [1.807, 2.05) is 24.3 Å². The van der Waals surface area contributed by atoms with Crippen LogP contribution in [0.25, 0.3) is 11.1 Å². The van der Waals surface area contributed by atoms with Crippen molar-refractivity contribution in [3.05, 3.63) is 70.8 Å². The zero-order valence-electron chi connectivity index (χ0n) is 27.3. The smallest absolute Gasteiger partial charge is 0.237 e. The number of carbonyl (C=O) groups excluding carboxylic acids is 2. The highest BCUT2D eigenvalue weighted by Crippen LogP contribution is 2.53. The van der Waals surface area contributed by atoms with Gasteiger partial charge in [0.15, 0.2) is 46.0 Å². The Hall–Kier alpha value is -5.78. The molecule has 0 bridgehead atoms. The standard InChI is InChI=1S/C36H34O12/c1-39-31-21(9-7-19-8-11-25-27(13-19)47-17-45-25)14-22(32(40-2)35(31)43-5)23-16-24(34(42-4)36(44-6)33(23)41-3)30(38)29(37)20-10-12-26-28(15-20)48-18-46-26/h8,10-16H,7,9,17-18H2,1-6H3. The highest BCUT2D eigenvalue weighted by Gasteiger charge is 2.32. The van der Waals surface area contributed by atoms with Crippen molar-refractivity contribution in [2.24, 2.45) is 0 Å². The van der Waals surface area contributed by atoms with Crippen LogP contribution in [0.5, 0.6) is 57.5 Å². The van der Waals surface area contributed by atoms with Crippen molar-refractivity contribution >= 4 is 11.6 Å². The molecule has 2 aliphatic rings. The molecular weight excluding hydrogens is 624 g/mol. The summed E-state index contributed by atoms with van der Waals surface area (Å²) in [7, 11) is 8.82. The van der Waals surface area contributed by atoms with E-state index < -0.39 is 11.6 Å². The Morgan fingerprint density at radius 2 is 1.04 bits per heavy atom. The SMILES string of the molecule is COc1c(CCc2ccc3c(c2)OCO3)cc(-c2cc(C(=O)C(=O)c3ccc4c(c3)OCO4)c(OC)c(OC)c2OC)c(OC)c1OC. The number of fused-ring (bicyclic) bond motifs is 2. The largest absolute Gasteiger partial charge is 0.492 e. The number of methoxy groups -OCH3 is 6. The Morgan fingerprint density at radius 3 is 1.65 bits per heavy atom. The predicted octanol–water partition coefficient (Wildman–Crippen LogP) is 5.71. The molecule has 0 amide bonds. The molecule has 250 valence electrons. The molecule has 6 rings (SSSR count). The van der Waals surface area contributed by atoms with E-state index in [9.17, 15) is 9.59 Å². The van der Waals surface area contributed by atoms with Gasteiger partial charge in [-0.1, -0.05) is 6.07 Å². The molecular formula is C36H34O12. The van der Waals surface area contributed by atoms with Gasteiger partial charge in [-0.05, 0) is 66.4 Å². The third-order valence-corrected chi connectivity index (χ3v) is 8.18. The van der Waals surface area contributed by atoms with Gasteiger partial charge in [0.1, 0.15) is 0 Å². The summed E-state index contributed by atoms with van der Waals surface area (Å²) < 4.78 is 56.6. The van der Waals surface area contributed by atoms with Gasteiger partial charge >= 0.3 is 0 Å². The predicted molar refractivity (Wildman–Crippen MR) is 172 cm³/mol. The summed E-state index contributed by atoms with van der Waals surface area (Å²) in [6, 6.07) is 13.8. The van der Waals surface area contributed by atoms with Crippen molar-refractivity contribution in [1.82, 2.24) is 0 Å². The van der Waals surface area contributed by atoms with E-state index in [4.69, 9.17) is 47.4 Å². The van der Waals surface area contributed by atoms with Gasteiger partial charge in [0, 0.05) is 16.7 Å².